The number of unbranched alkanes of at least 4 members (excludes halogenated alkanes) is 2. The molecule has 3 nitrogen and oxygen atoms in total. The van der Waals surface area contributed by atoms with Crippen LogP contribution in [0.5, 0.6) is 0 Å². The van der Waals surface area contributed by atoms with E-state index >= 15 is 0 Å². The summed E-state index contributed by atoms with van der Waals surface area (Å²) in [6.45, 7) is 4.04. The van der Waals surface area contributed by atoms with Crippen molar-refractivity contribution in [2.45, 2.75) is 51.7 Å². The van der Waals surface area contributed by atoms with E-state index in [0.29, 0.717) is 11.3 Å². The lowest BCUT2D eigenvalue weighted by Gasteiger charge is -2.11. The molecule has 0 aliphatic carbocycles. The molecule has 0 aliphatic heterocycles. The van der Waals surface area contributed by atoms with Crippen molar-refractivity contribution in [3.63, 3.8) is 0 Å². The van der Waals surface area contributed by atoms with Crippen LogP contribution in [0.15, 0.2) is 0 Å². The number of nitrogens with zero attached hydrogens (tertiary/aromatic N) is 2. The number of anilines is 1. The largest absolute Gasteiger partial charge is 0.445 e. The zero-order valence-electron chi connectivity index (χ0n) is 9.84. The summed E-state index contributed by atoms with van der Waals surface area (Å²) in [4.78, 5) is 0. The van der Waals surface area contributed by atoms with E-state index in [9.17, 15) is 13.2 Å². The highest BCUT2D eigenvalue weighted by molar-refractivity contribution is 7.15. The Kier molecular flexibility index (Phi) is 5.17. The monoisotopic (exact) mass is 267 g/mol. The highest BCUT2D eigenvalue weighted by Crippen LogP contribution is 2.33. The van der Waals surface area contributed by atoms with E-state index in [1.54, 1.807) is 0 Å². The van der Waals surface area contributed by atoms with Gasteiger partial charge in [-0.05, 0) is 13.3 Å². The lowest BCUT2D eigenvalue weighted by Crippen LogP contribution is -2.14. The third-order valence-electron chi connectivity index (χ3n) is 2.28. The fourth-order valence-corrected chi connectivity index (χ4v) is 2.10. The highest BCUT2D eigenvalue weighted by atomic mass is 32.1. The Morgan fingerprint density at radius 2 is 2.00 bits per heavy atom. The quantitative estimate of drug-likeness (QED) is 0.793. The van der Waals surface area contributed by atoms with E-state index in [2.05, 4.69) is 22.4 Å². The summed E-state index contributed by atoms with van der Waals surface area (Å²) in [5.41, 5.74) is 0. The van der Waals surface area contributed by atoms with Gasteiger partial charge in [-0.3, -0.25) is 0 Å². The second kappa shape index (κ2) is 6.18. The van der Waals surface area contributed by atoms with E-state index in [0.717, 1.165) is 25.7 Å². The highest BCUT2D eigenvalue weighted by Gasteiger charge is 2.35. The lowest BCUT2D eigenvalue weighted by molar-refractivity contribution is -0.138. The molecule has 0 saturated carbocycles. The fourth-order valence-electron chi connectivity index (χ4n) is 1.38. The normalized spacial score (nSPS) is 13.7. The van der Waals surface area contributed by atoms with Crippen LogP contribution in [0, 0.1) is 0 Å². The summed E-state index contributed by atoms with van der Waals surface area (Å²) in [5, 5.41) is 8.88. The number of nitrogens with one attached hydrogen (secondary N) is 1. The maximum Gasteiger partial charge on any atom is 0.445 e. The maximum absolute atomic E-state index is 12.3. The molecule has 0 aliphatic rings. The fraction of sp³-hybridized carbons (Fsp3) is 0.800. The molecule has 0 aromatic carbocycles. The van der Waals surface area contributed by atoms with Gasteiger partial charge in [0.2, 0.25) is 10.1 Å². The van der Waals surface area contributed by atoms with Crippen molar-refractivity contribution in [1.82, 2.24) is 10.2 Å². The van der Waals surface area contributed by atoms with Gasteiger partial charge in [0.1, 0.15) is 0 Å². The van der Waals surface area contributed by atoms with Crippen LogP contribution in [-0.4, -0.2) is 16.2 Å². The Hall–Kier alpha value is -0.850. The molecule has 1 rings (SSSR count). The molecule has 0 amide bonds. The first-order chi connectivity index (χ1) is 7.93. The Bertz CT molecular complexity index is 338. The predicted molar refractivity (Wildman–Crippen MR) is 62.1 cm³/mol. The van der Waals surface area contributed by atoms with Crippen LogP contribution >= 0.6 is 11.3 Å². The minimum absolute atomic E-state index is 0.121. The molecule has 0 spiro atoms. The number of hydrogen-bond donors (Lipinski definition) is 1. The van der Waals surface area contributed by atoms with Gasteiger partial charge in [0.05, 0.1) is 0 Å². The first-order valence-electron chi connectivity index (χ1n) is 5.60. The van der Waals surface area contributed by atoms with Crippen molar-refractivity contribution in [2.75, 3.05) is 5.32 Å². The van der Waals surface area contributed by atoms with Crippen molar-refractivity contribution in [3.8, 4) is 0 Å². The van der Waals surface area contributed by atoms with E-state index in [4.69, 9.17) is 0 Å². The summed E-state index contributed by atoms with van der Waals surface area (Å²) in [5.74, 6) is 0. The standard InChI is InChI=1S/C10H16F3N3S/c1-3-4-5-6-7(2)14-9-16-15-8(17-9)10(11,12)13/h7H,3-6H2,1-2H3,(H,14,16). The number of alkyl halides is 3. The summed E-state index contributed by atoms with van der Waals surface area (Å²) in [6.07, 6.45) is -0.146. The van der Waals surface area contributed by atoms with Crippen LogP contribution in [0.2, 0.25) is 0 Å². The summed E-state index contributed by atoms with van der Waals surface area (Å²) >= 11 is 0.549. The summed E-state index contributed by atoms with van der Waals surface area (Å²) in [7, 11) is 0. The average molecular weight is 267 g/mol. The molecule has 1 aromatic heterocycles. The molecule has 1 atom stereocenters. The third kappa shape index (κ3) is 4.89. The van der Waals surface area contributed by atoms with E-state index < -0.39 is 11.2 Å². The average Bonchev–Trinajstić information content (AvgIpc) is 2.66. The Morgan fingerprint density at radius 3 is 2.53 bits per heavy atom. The van der Waals surface area contributed by atoms with Crippen LogP contribution in [0.1, 0.15) is 44.5 Å². The number of rotatable bonds is 6. The van der Waals surface area contributed by atoms with Crippen molar-refractivity contribution in [2.24, 2.45) is 0 Å². The molecule has 0 bridgehead atoms. The molecular formula is C10H16F3N3S. The van der Waals surface area contributed by atoms with Crippen molar-refractivity contribution in [3.05, 3.63) is 5.01 Å². The number of aromatic nitrogens is 2. The molecule has 1 heterocycles. The third-order valence-corrected chi connectivity index (χ3v) is 3.18. The minimum Gasteiger partial charge on any atom is -0.358 e. The molecule has 17 heavy (non-hydrogen) atoms. The molecule has 98 valence electrons. The molecule has 1 unspecified atom stereocenters. The number of hydrogen-bond acceptors (Lipinski definition) is 4. The van der Waals surface area contributed by atoms with Gasteiger partial charge in [-0.2, -0.15) is 13.2 Å². The van der Waals surface area contributed by atoms with Gasteiger partial charge in [-0.15, -0.1) is 10.2 Å². The van der Waals surface area contributed by atoms with Gasteiger partial charge in [-0.25, -0.2) is 0 Å². The first kappa shape index (κ1) is 14.2. The smallest absolute Gasteiger partial charge is 0.358 e. The molecule has 0 fully saturated rings. The summed E-state index contributed by atoms with van der Waals surface area (Å²) < 4.78 is 36.8. The van der Waals surface area contributed by atoms with Crippen LogP contribution < -0.4 is 5.32 Å². The maximum atomic E-state index is 12.3. The van der Waals surface area contributed by atoms with Gasteiger partial charge in [0.25, 0.3) is 0 Å². The van der Waals surface area contributed by atoms with Gasteiger partial charge >= 0.3 is 6.18 Å². The SMILES string of the molecule is CCCCCC(C)Nc1nnc(C(F)(F)F)s1. The molecule has 0 saturated heterocycles. The second-order valence-electron chi connectivity index (χ2n) is 3.95. The molecule has 1 N–H and O–H groups in total. The van der Waals surface area contributed by atoms with Crippen LogP contribution in [0.3, 0.4) is 0 Å². The van der Waals surface area contributed by atoms with Crippen LogP contribution in [0.25, 0.3) is 0 Å². The number of halogens is 3. The lowest BCUT2D eigenvalue weighted by atomic mass is 10.1. The van der Waals surface area contributed by atoms with E-state index in [1.807, 2.05) is 6.92 Å². The molecule has 0 radical (unpaired) electrons. The molecular weight excluding hydrogens is 251 g/mol. The van der Waals surface area contributed by atoms with Gasteiger partial charge < -0.3 is 5.32 Å². The van der Waals surface area contributed by atoms with Crippen molar-refractivity contribution in [1.29, 1.82) is 0 Å². The van der Waals surface area contributed by atoms with Crippen molar-refractivity contribution >= 4 is 16.5 Å². The second-order valence-corrected chi connectivity index (χ2v) is 4.93. The zero-order valence-corrected chi connectivity index (χ0v) is 10.7. The van der Waals surface area contributed by atoms with E-state index in [1.165, 1.54) is 0 Å². The van der Waals surface area contributed by atoms with Crippen LogP contribution in [0.4, 0.5) is 18.3 Å². The van der Waals surface area contributed by atoms with Crippen LogP contribution in [-0.2, 0) is 6.18 Å². The van der Waals surface area contributed by atoms with Crippen molar-refractivity contribution < 1.29 is 13.2 Å². The topological polar surface area (TPSA) is 37.8 Å². The summed E-state index contributed by atoms with van der Waals surface area (Å²) in [6, 6.07) is 0.121. The Labute approximate surface area is 102 Å². The first-order valence-corrected chi connectivity index (χ1v) is 6.42. The Morgan fingerprint density at radius 1 is 1.29 bits per heavy atom. The minimum atomic E-state index is -4.40. The Balaban J connectivity index is 2.43. The predicted octanol–water partition coefficient (Wildman–Crippen LogP) is 3.94. The molecule has 7 heteroatoms. The van der Waals surface area contributed by atoms with E-state index in [-0.39, 0.29) is 11.2 Å². The van der Waals surface area contributed by atoms with Gasteiger partial charge in [-0.1, -0.05) is 37.5 Å². The zero-order chi connectivity index (χ0) is 12.9. The van der Waals surface area contributed by atoms with Gasteiger partial charge in [0.15, 0.2) is 0 Å². The van der Waals surface area contributed by atoms with Gasteiger partial charge in [0, 0.05) is 6.04 Å². The molecule has 1 aromatic rings.